The number of carbonyl (C=O) groups is 1. The third kappa shape index (κ3) is 1.97. The molecule has 1 atom stereocenters. The van der Waals surface area contributed by atoms with Crippen molar-refractivity contribution in [2.75, 3.05) is 11.4 Å². The highest BCUT2D eigenvalue weighted by molar-refractivity contribution is 6.05. The topological polar surface area (TPSA) is 40.5 Å². The molecule has 0 saturated carbocycles. The Kier molecular flexibility index (Phi) is 2.75. The van der Waals surface area contributed by atoms with E-state index in [0.29, 0.717) is 13.0 Å². The van der Waals surface area contributed by atoms with Crippen LogP contribution in [0.1, 0.15) is 6.42 Å². The van der Waals surface area contributed by atoms with Gasteiger partial charge in [-0.2, -0.15) is 0 Å². The van der Waals surface area contributed by atoms with Crippen molar-refractivity contribution < 1.29 is 9.90 Å². The molecule has 1 aliphatic rings. The average molecular weight is 253 g/mol. The van der Waals surface area contributed by atoms with Crippen molar-refractivity contribution in [2.45, 2.75) is 6.42 Å². The fourth-order valence-electron chi connectivity index (χ4n) is 2.61. The lowest BCUT2D eigenvalue weighted by molar-refractivity contribution is -0.117. The van der Waals surface area contributed by atoms with Crippen LogP contribution in [0, 0.1) is 5.92 Å². The van der Waals surface area contributed by atoms with Crippen LogP contribution in [-0.2, 0) is 4.79 Å². The van der Waals surface area contributed by atoms with Crippen LogP contribution in [-0.4, -0.2) is 17.6 Å². The molecule has 1 aliphatic heterocycles. The van der Waals surface area contributed by atoms with Crippen LogP contribution in [0.5, 0.6) is 5.75 Å². The molecule has 1 saturated heterocycles. The second-order valence-electron chi connectivity index (χ2n) is 4.89. The highest BCUT2D eigenvalue weighted by Crippen LogP contribution is 2.33. The summed E-state index contributed by atoms with van der Waals surface area (Å²) in [5, 5.41) is 11.6. The van der Waals surface area contributed by atoms with Crippen molar-refractivity contribution in [1.29, 1.82) is 0 Å². The van der Waals surface area contributed by atoms with Gasteiger partial charge in [0.1, 0.15) is 5.75 Å². The molecular formula is C16H15NO2. The summed E-state index contributed by atoms with van der Waals surface area (Å²) in [6, 6.07) is 11.1. The van der Waals surface area contributed by atoms with Gasteiger partial charge in [0.25, 0.3) is 0 Å². The standard InChI is InChI=1S/C16H15NO2/c1-2-11-8-16(19)17(10-11)15-5-3-4-12-6-7-13(18)9-14(12)15/h2-7,9,11,18H,1,8,10H2. The van der Waals surface area contributed by atoms with E-state index >= 15 is 0 Å². The van der Waals surface area contributed by atoms with Crippen LogP contribution in [0.4, 0.5) is 5.69 Å². The maximum Gasteiger partial charge on any atom is 0.227 e. The SMILES string of the molecule is C=CC1CC(=O)N(c2cccc3ccc(O)cc23)C1. The van der Waals surface area contributed by atoms with Gasteiger partial charge in [0.2, 0.25) is 5.91 Å². The van der Waals surface area contributed by atoms with Crippen molar-refractivity contribution in [2.24, 2.45) is 5.92 Å². The number of benzene rings is 2. The summed E-state index contributed by atoms with van der Waals surface area (Å²) in [7, 11) is 0. The van der Waals surface area contributed by atoms with Crippen LogP contribution >= 0.6 is 0 Å². The molecule has 1 fully saturated rings. The van der Waals surface area contributed by atoms with Crippen molar-refractivity contribution >= 4 is 22.4 Å². The van der Waals surface area contributed by atoms with E-state index in [1.54, 1.807) is 17.0 Å². The van der Waals surface area contributed by atoms with Gasteiger partial charge in [-0.25, -0.2) is 0 Å². The van der Waals surface area contributed by atoms with E-state index in [4.69, 9.17) is 0 Å². The van der Waals surface area contributed by atoms with Gasteiger partial charge in [-0.05, 0) is 23.6 Å². The summed E-state index contributed by atoms with van der Waals surface area (Å²) in [6.07, 6.45) is 2.35. The second kappa shape index (κ2) is 4.43. The Morgan fingerprint density at radius 2 is 2.16 bits per heavy atom. The Balaban J connectivity index is 2.12. The zero-order valence-electron chi connectivity index (χ0n) is 10.5. The maximum atomic E-state index is 12.1. The molecule has 2 aromatic rings. The molecule has 3 heteroatoms. The van der Waals surface area contributed by atoms with Crippen molar-refractivity contribution in [3.63, 3.8) is 0 Å². The predicted molar refractivity (Wildman–Crippen MR) is 76.3 cm³/mol. The molecule has 0 aromatic heterocycles. The number of anilines is 1. The average Bonchev–Trinajstić information content (AvgIpc) is 2.79. The lowest BCUT2D eigenvalue weighted by atomic mass is 10.1. The summed E-state index contributed by atoms with van der Waals surface area (Å²) in [6.45, 7) is 4.43. The first-order chi connectivity index (χ1) is 9.19. The van der Waals surface area contributed by atoms with Crippen LogP contribution in [0.25, 0.3) is 10.8 Å². The molecule has 0 spiro atoms. The van der Waals surface area contributed by atoms with Gasteiger partial charge >= 0.3 is 0 Å². The number of nitrogens with zero attached hydrogens (tertiary/aromatic N) is 1. The van der Waals surface area contributed by atoms with Crippen LogP contribution < -0.4 is 4.90 Å². The Labute approximate surface area is 111 Å². The third-order valence-electron chi connectivity index (χ3n) is 3.62. The summed E-state index contributed by atoms with van der Waals surface area (Å²) >= 11 is 0. The number of amides is 1. The number of fused-ring (bicyclic) bond motifs is 1. The lowest BCUT2D eigenvalue weighted by Gasteiger charge is -2.18. The van der Waals surface area contributed by atoms with Crippen molar-refractivity contribution in [3.05, 3.63) is 49.1 Å². The van der Waals surface area contributed by atoms with Gasteiger partial charge in [0.05, 0.1) is 5.69 Å². The largest absolute Gasteiger partial charge is 0.508 e. The molecule has 1 unspecified atom stereocenters. The molecular weight excluding hydrogens is 238 g/mol. The van der Waals surface area contributed by atoms with Crippen LogP contribution in [0.15, 0.2) is 49.1 Å². The van der Waals surface area contributed by atoms with Gasteiger partial charge in [0, 0.05) is 24.3 Å². The number of hydrogen-bond acceptors (Lipinski definition) is 2. The zero-order chi connectivity index (χ0) is 13.4. The Bertz CT molecular complexity index is 663. The first kappa shape index (κ1) is 11.8. The molecule has 0 aliphatic carbocycles. The number of rotatable bonds is 2. The minimum absolute atomic E-state index is 0.112. The predicted octanol–water partition coefficient (Wildman–Crippen LogP) is 3.08. The number of phenolic OH excluding ortho intramolecular Hbond substituents is 1. The van der Waals surface area contributed by atoms with E-state index in [1.165, 1.54) is 0 Å². The minimum Gasteiger partial charge on any atom is -0.508 e. The Morgan fingerprint density at radius 1 is 1.32 bits per heavy atom. The fraction of sp³-hybridized carbons (Fsp3) is 0.188. The van der Waals surface area contributed by atoms with Gasteiger partial charge in [0.15, 0.2) is 0 Å². The molecule has 1 amide bonds. The van der Waals surface area contributed by atoms with Gasteiger partial charge in [-0.15, -0.1) is 6.58 Å². The highest BCUT2D eigenvalue weighted by atomic mass is 16.3. The molecule has 96 valence electrons. The molecule has 0 radical (unpaired) electrons. The Hall–Kier alpha value is -2.29. The summed E-state index contributed by atoms with van der Waals surface area (Å²) in [4.78, 5) is 13.9. The fourth-order valence-corrected chi connectivity index (χ4v) is 2.61. The highest BCUT2D eigenvalue weighted by Gasteiger charge is 2.29. The van der Waals surface area contributed by atoms with E-state index in [0.717, 1.165) is 16.5 Å². The smallest absolute Gasteiger partial charge is 0.227 e. The lowest BCUT2D eigenvalue weighted by Crippen LogP contribution is -2.24. The molecule has 3 nitrogen and oxygen atoms in total. The van der Waals surface area contributed by atoms with E-state index in [2.05, 4.69) is 6.58 Å². The summed E-state index contributed by atoms with van der Waals surface area (Å²) in [5.74, 6) is 0.535. The summed E-state index contributed by atoms with van der Waals surface area (Å²) in [5.41, 5.74) is 0.864. The van der Waals surface area contributed by atoms with Gasteiger partial charge < -0.3 is 10.0 Å². The van der Waals surface area contributed by atoms with E-state index < -0.39 is 0 Å². The molecule has 1 heterocycles. The van der Waals surface area contributed by atoms with E-state index in [-0.39, 0.29) is 17.6 Å². The minimum atomic E-state index is 0.112. The number of carbonyl (C=O) groups excluding carboxylic acids is 1. The monoisotopic (exact) mass is 253 g/mol. The Morgan fingerprint density at radius 3 is 2.89 bits per heavy atom. The number of hydrogen-bond donors (Lipinski definition) is 1. The van der Waals surface area contributed by atoms with Crippen LogP contribution in [0.2, 0.25) is 0 Å². The van der Waals surface area contributed by atoms with Crippen molar-refractivity contribution in [3.8, 4) is 5.75 Å². The van der Waals surface area contributed by atoms with Gasteiger partial charge in [-0.3, -0.25) is 4.79 Å². The molecule has 2 aromatic carbocycles. The summed E-state index contributed by atoms with van der Waals surface area (Å²) < 4.78 is 0. The number of phenols is 1. The third-order valence-corrected chi connectivity index (χ3v) is 3.62. The van der Waals surface area contributed by atoms with Gasteiger partial charge in [-0.1, -0.05) is 24.3 Å². The van der Waals surface area contributed by atoms with E-state index in [1.807, 2.05) is 30.3 Å². The normalized spacial score (nSPS) is 19.1. The van der Waals surface area contributed by atoms with Crippen molar-refractivity contribution in [1.82, 2.24) is 0 Å². The second-order valence-corrected chi connectivity index (χ2v) is 4.89. The first-order valence-electron chi connectivity index (χ1n) is 6.33. The molecule has 0 bridgehead atoms. The van der Waals surface area contributed by atoms with E-state index in [9.17, 15) is 9.90 Å². The number of aromatic hydroxyl groups is 1. The van der Waals surface area contributed by atoms with Crippen LogP contribution in [0.3, 0.4) is 0 Å². The maximum absolute atomic E-state index is 12.1. The zero-order valence-corrected chi connectivity index (χ0v) is 10.5. The molecule has 1 N–H and O–H groups in total. The molecule has 3 rings (SSSR count). The first-order valence-corrected chi connectivity index (χ1v) is 6.33. The quantitative estimate of drug-likeness (QED) is 0.835. The molecule has 19 heavy (non-hydrogen) atoms.